The Morgan fingerprint density at radius 2 is 1.84 bits per heavy atom. The maximum Gasteiger partial charge on any atom is 0.335 e. The van der Waals surface area contributed by atoms with Crippen molar-refractivity contribution in [1.82, 2.24) is 0 Å². The zero-order chi connectivity index (χ0) is 13.2. The van der Waals surface area contributed by atoms with E-state index < -0.39 is 5.97 Å². The molecule has 0 radical (unpaired) electrons. The van der Waals surface area contributed by atoms with Crippen LogP contribution in [0.1, 0.15) is 33.9 Å². The first kappa shape index (κ1) is 11.8. The minimum Gasteiger partial charge on any atom is -0.478 e. The maximum atomic E-state index is 10.8. The zero-order valence-electron chi connectivity index (χ0n) is 10.5. The normalized spacial score (nSPS) is 17.4. The van der Waals surface area contributed by atoms with E-state index >= 15 is 0 Å². The van der Waals surface area contributed by atoms with Gasteiger partial charge in [0.1, 0.15) is 0 Å². The predicted molar refractivity (Wildman–Crippen MR) is 74.5 cm³/mol. The summed E-state index contributed by atoms with van der Waals surface area (Å²) in [4.78, 5) is 10.8. The molecule has 0 saturated carbocycles. The average Bonchev–Trinajstić information content (AvgIpc) is 2.47. The third-order valence-electron chi connectivity index (χ3n) is 3.61. The van der Waals surface area contributed by atoms with Gasteiger partial charge in [0.15, 0.2) is 0 Å². The van der Waals surface area contributed by atoms with Crippen LogP contribution in [-0.4, -0.2) is 11.1 Å². The number of fused-ring (bicyclic) bond motifs is 1. The van der Waals surface area contributed by atoms with Crippen molar-refractivity contribution >= 4 is 11.7 Å². The van der Waals surface area contributed by atoms with E-state index in [1.165, 1.54) is 11.3 Å². The highest BCUT2D eigenvalue weighted by Crippen LogP contribution is 2.32. The molecular weight excluding hydrogens is 238 g/mol. The van der Waals surface area contributed by atoms with Crippen molar-refractivity contribution < 1.29 is 9.90 Å². The van der Waals surface area contributed by atoms with Gasteiger partial charge < -0.3 is 10.4 Å². The molecule has 3 rings (SSSR count). The first-order chi connectivity index (χ1) is 9.24. The van der Waals surface area contributed by atoms with Gasteiger partial charge in [-0.1, -0.05) is 30.3 Å². The van der Waals surface area contributed by atoms with Gasteiger partial charge in [-0.3, -0.25) is 0 Å². The van der Waals surface area contributed by atoms with Crippen LogP contribution in [0.25, 0.3) is 0 Å². The number of aryl methyl sites for hydroxylation is 1. The molecule has 2 aromatic rings. The molecule has 0 bridgehead atoms. The number of carboxylic acid groups (broad SMARTS) is 1. The Kier molecular flexibility index (Phi) is 2.95. The number of para-hydroxylation sites is 1. The van der Waals surface area contributed by atoms with Gasteiger partial charge in [0, 0.05) is 5.69 Å². The number of carbonyl (C=O) groups is 1. The van der Waals surface area contributed by atoms with Crippen molar-refractivity contribution in [2.24, 2.45) is 0 Å². The molecule has 96 valence electrons. The summed E-state index contributed by atoms with van der Waals surface area (Å²) in [5, 5.41) is 12.4. The molecule has 2 N–H and O–H groups in total. The highest BCUT2D eigenvalue weighted by molar-refractivity contribution is 5.87. The number of benzene rings is 2. The molecule has 19 heavy (non-hydrogen) atoms. The summed E-state index contributed by atoms with van der Waals surface area (Å²) in [7, 11) is 0. The quantitative estimate of drug-likeness (QED) is 0.861. The van der Waals surface area contributed by atoms with Crippen LogP contribution in [-0.2, 0) is 6.42 Å². The third kappa shape index (κ3) is 2.32. The van der Waals surface area contributed by atoms with Crippen LogP contribution in [0.2, 0.25) is 0 Å². The van der Waals surface area contributed by atoms with E-state index in [0.29, 0.717) is 5.56 Å². The van der Waals surface area contributed by atoms with Crippen LogP contribution >= 0.6 is 0 Å². The first-order valence-corrected chi connectivity index (χ1v) is 6.42. The number of nitrogens with one attached hydrogen (secondary N) is 1. The van der Waals surface area contributed by atoms with E-state index in [4.69, 9.17) is 5.11 Å². The van der Waals surface area contributed by atoms with Crippen molar-refractivity contribution in [2.75, 3.05) is 5.32 Å². The number of anilines is 1. The molecule has 1 heterocycles. The fourth-order valence-electron chi connectivity index (χ4n) is 2.55. The summed E-state index contributed by atoms with van der Waals surface area (Å²) in [6, 6.07) is 15.7. The van der Waals surface area contributed by atoms with E-state index in [1.54, 1.807) is 12.1 Å². The van der Waals surface area contributed by atoms with E-state index in [9.17, 15) is 4.79 Å². The second-order valence-electron chi connectivity index (χ2n) is 4.82. The lowest BCUT2D eigenvalue weighted by atomic mass is 9.93. The van der Waals surface area contributed by atoms with Gasteiger partial charge in [-0.25, -0.2) is 4.79 Å². The Morgan fingerprint density at radius 3 is 2.58 bits per heavy atom. The standard InChI is InChI=1S/C16H15NO2/c18-16(19)13-7-5-12(6-8-13)15-10-9-11-3-1-2-4-14(11)17-15/h1-8,15,17H,9-10H2,(H,18,19). The maximum absolute atomic E-state index is 10.8. The first-order valence-electron chi connectivity index (χ1n) is 6.42. The fourth-order valence-corrected chi connectivity index (χ4v) is 2.55. The lowest BCUT2D eigenvalue weighted by Gasteiger charge is -2.27. The molecule has 1 atom stereocenters. The molecule has 3 heteroatoms. The zero-order valence-corrected chi connectivity index (χ0v) is 10.5. The summed E-state index contributed by atoms with van der Waals surface area (Å²) in [6.45, 7) is 0. The smallest absolute Gasteiger partial charge is 0.335 e. The topological polar surface area (TPSA) is 49.3 Å². The molecule has 0 saturated heterocycles. The summed E-state index contributed by atoms with van der Waals surface area (Å²) in [5.74, 6) is -0.881. The van der Waals surface area contributed by atoms with Gasteiger partial charge in [0.25, 0.3) is 0 Å². The van der Waals surface area contributed by atoms with Gasteiger partial charge in [0.2, 0.25) is 0 Å². The van der Waals surface area contributed by atoms with Crippen LogP contribution in [0.5, 0.6) is 0 Å². The highest BCUT2D eigenvalue weighted by atomic mass is 16.4. The van der Waals surface area contributed by atoms with Crippen molar-refractivity contribution in [2.45, 2.75) is 18.9 Å². The lowest BCUT2D eigenvalue weighted by Crippen LogP contribution is -2.17. The predicted octanol–water partition coefficient (Wildman–Crippen LogP) is 3.48. The fraction of sp³-hybridized carbons (Fsp3) is 0.188. The Labute approximate surface area is 111 Å². The molecule has 0 aliphatic carbocycles. The molecule has 3 nitrogen and oxygen atoms in total. The number of hydrogen-bond donors (Lipinski definition) is 2. The minimum atomic E-state index is -0.881. The van der Waals surface area contributed by atoms with Gasteiger partial charge in [-0.2, -0.15) is 0 Å². The van der Waals surface area contributed by atoms with Crippen LogP contribution in [0.4, 0.5) is 5.69 Å². The van der Waals surface area contributed by atoms with Crippen LogP contribution < -0.4 is 5.32 Å². The third-order valence-corrected chi connectivity index (χ3v) is 3.61. The Morgan fingerprint density at radius 1 is 1.11 bits per heavy atom. The molecule has 2 aromatic carbocycles. The van der Waals surface area contributed by atoms with Crippen molar-refractivity contribution in [3.05, 3.63) is 65.2 Å². The molecule has 1 aliphatic rings. The monoisotopic (exact) mass is 253 g/mol. The Bertz CT molecular complexity index is 604. The highest BCUT2D eigenvalue weighted by Gasteiger charge is 2.18. The summed E-state index contributed by atoms with van der Waals surface area (Å²) in [6.07, 6.45) is 2.08. The van der Waals surface area contributed by atoms with Crippen LogP contribution in [0, 0.1) is 0 Å². The molecule has 0 amide bonds. The lowest BCUT2D eigenvalue weighted by molar-refractivity contribution is 0.0697. The van der Waals surface area contributed by atoms with E-state index in [-0.39, 0.29) is 6.04 Å². The summed E-state index contributed by atoms with van der Waals surface area (Å²) >= 11 is 0. The Hall–Kier alpha value is -2.29. The number of aromatic carboxylic acids is 1. The van der Waals surface area contributed by atoms with Gasteiger partial charge in [0.05, 0.1) is 11.6 Å². The Balaban J connectivity index is 1.83. The van der Waals surface area contributed by atoms with Gasteiger partial charge in [-0.15, -0.1) is 0 Å². The van der Waals surface area contributed by atoms with Crippen LogP contribution in [0.15, 0.2) is 48.5 Å². The largest absolute Gasteiger partial charge is 0.478 e. The van der Waals surface area contributed by atoms with E-state index in [2.05, 4.69) is 23.5 Å². The second-order valence-corrected chi connectivity index (χ2v) is 4.82. The van der Waals surface area contributed by atoms with Crippen molar-refractivity contribution in [3.63, 3.8) is 0 Å². The number of rotatable bonds is 2. The molecule has 0 aromatic heterocycles. The van der Waals surface area contributed by atoms with Crippen molar-refractivity contribution in [3.8, 4) is 0 Å². The second kappa shape index (κ2) is 4.76. The molecular formula is C16H15NO2. The number of carboxylic acids is 1. The van der Waals surface area contributed by atoms with E-state index in [1.807, 2.05) is 18.2 Å². The number of hydrogen-bond acceptors (Lipinski definition) is 2. The minimum absolute atomic E-state index is 0.262. The van der Waals surface area contributed by atoms with Crippen molar-refractivity contribution in [1.29, 1.82) is 0 Å². The molecule has 0 fully saturated rings. The van der Waals surface area contributed by atoms with Gasteiger partial charge >= 0.3 is 5.97 Å². The van der Waals surface area contributed by atoms with Gasteiger partial charge in [-0.05, 0) is 42.2 Å². The molecule has 0 spiro atoms. The molecule has 1 unspecified atom stereocenters. The average molecular weight is 253 g/mol. The molecule has 1 aliphatic heterocycles. The van der Waals surface area contributed by atoms with E-state index in [0.717, 1.165) is 18.4 Å². The summed E-state index contributed by atoms with van der Waals surface area (Å²) < 4.78 is 0. The summed E-state index contributed by atoms with van der Waals surface area (Å²) in [5.41, 5.74) is 4.00. The SMILES string of the molecule is O=C(O)c1ccc(C2CCc3ccccc3N2)cc1. The van der Waals surface area contributed by atoms with Crippen LogP contribution in [0.3, 0.4) is 0 Å².